The molecule has 2 amide bonds. The average Bonchev–Trinajstić information content (AvgIpc) is 2.62. The van der Waals surface area contributed by atoms with Gasteiger partial charge >= 0.3 is 0 Å². The molecular weight excluding hydrogens is 300 g/mol. The summed E-state index contributed by atoms with van der Waals surface area (Å²) in [4.78, 5) is 28.9. The van der Waals surface area contributed by atoms with E-state index in [9.17, 15) is 9.59 Å². The van der Waals surface area contributed by atoms with Crippen molar-refractivity contribution in [3.05, 3.63) is 47.2 Å². The normalized spacial score (nSPS) is 30.6. The van der Waals surface area contributed by atoms with Gasteiger partial charge in [0, 0.05) is 23.1 Å². The molecule has 0 aromatic heterocycles. The van der Waals surface area contributed by atoms with Crippen LogP contribution in [-0.2, 0) is 9.59 Å². The van der Waals surface area contributed by atoms with E-state index >= 15 is 0 Å². The van der Waals surface area contributed by atoms with Gasteiger partial charge in [-0.25, -0.2) is 4.99 Å². The lowest BCUT2D eigenvalue weighted by Crippen LogP contribution is -2.37. The zero-order valence-electron chi connectivity index (χ0n) is 13.8. The fraction of sp³-hybridized carbons (Fsp3) is 0.450. The first-order valence-electron chi connectivity index (χ1n) is 8.93. The standard InChI is InChI=1S/C20H22N2O2/c23-19(13-6-2-1-3-7-13)21-14-10-11-16-15-8-4-5-9-17(15)20(24)22-18(16)12-14/h1-2,10-13,16H,3-9H2,(H,22,24). The van der Waals surface area contributed by atoms with Gasteiger partial charge in [0.05, 0.1) is 5.71 Å². The number of aliphatic imine (C=N–C) groups is 1. The van der Waals surface area contributed by atoms with Gasteiger partial charge in [-0.2, -0.15) is 0 Å². The minimum Gasteiger partial charge on any atom is -0.325 e. The molecule has 4 aliphatic rings. The molecule has 1 aliphatic heterocycles. The topological polar surface area (TPSA) is 58.5 Å². The quantitative estimate of drug-likeness (QED) is 0.752. The Morgan fingerprint density at radius 3 is 2.92 bits per heavy atom. The number of carbonyl (C=O) groups excluding carboxylic acids is 2. The summed E-state index contributed by atoms with van der Waals surface area (Å²) in [5, 5.41) is 3.01. The van der Waals surface area contributed by atoms with Crippen molar-refractivity contribution in [1.82, 2.24) is 5.32 Å². The number of hydrogen-bond acceptors (Lipinski definition) is 2. The van der Waals surface area contributed by atoms with Crippen molar-refractivity contribution < 1.29 is 9.59 Å². The van der Waals surface area contributed by atoms with Crippen LogP contribution in [0.2, 0.25) is 0 Å². The predicted octanol–water partition coefficient (Wildman–Crippen LogP) is 3.38. The molecule has 124 valence electrons. The molecule has 0 spiro atoms. The Balaban J connectivity index is 1.57. The van der Waals surface area contributed by atoms with Gasteiger partial charge in [-0.3, -0.25) is 9.59 Å². The third kappa shape index (κ3) is 2.81. The Labute approximate surface area is 142 Å². The summed E-state index contributed by atoms with van der Waals surface area (Å²) in [6.45, 7) is 0. The second-order valence-corrected chi connectivity index (χ2v) is 6.96. The summed E-state index contributed by atoms with van der Waals surface area (Å²) in [6, 6.07) is 0. The van der Waals surface area contributed by atoms with Crippen molar-refractivity contribution in [2.45, 2.75) is 44.9 Å². The van der Waals surface area contributed by atoms with Crippen LogP contribution < -0.4 is 5.32 Å². The maximum Gasteiger partial charge on any atom is 0.251 e. The van der Waals surface area contributed by atoms with Gasteiger partial charge in [0.2, 0.25) is 5.91 Å². The fourth-order valence-electron chi connectivity index (χ4n) is 4.06. The molecule has 2 unspecified atom stereocenters. The first kappa shape index (κ1) is 15.3. The van der Waals surface area contributed by atoms with Crippen LogP contribution >= 0.6 is 0 Å². The molecule has 4 rings (SSSR count). The van der Waals surface area contributed by atoms with E-state index in [0.29, 0.717) is 5.71 Å². The summed E-state index contributed by atoms with van der Waals surface area (Å²) in [7, 11) is 0. The number of hydrogen-bond donors (Lipinski definition) is 1. The summed E-state index contributed by atoms with van der Waals surface area (Å²) in [5.41, 5.74) is 3.76. The van der Waals surface area contributed by atoms with Gasteiger partial charge in [-0.1, -0.05) is 18.2 Å². The van der Waals surface area contributed by atoms with Crippen LogP contribution in [-0.4, -0.2) is 17.5 Å². The van der Waals surface area contributed by atoms with Crippen LogP contribution in [0.25, 0.3) is 0 Å². The van der Waals surface area contributed by atoms with Crippen molar-refractivity contribution in [3.63, 3.8) is 0 Å². The third-order valence-corrected chi connectivity index (χ3v) is 5.37. The molecule has 0 bridgehead atoms. The van der Waals surface area contributed by atoms with Crippen LogP contribution in [0.4, 0.5) is 0 Å². The van der Waals surface area contributed by atoms with Gasteiger partial charge in [-0.15, -0.1) is 0 Å². The molecule has 2 atom stereocenters. The zero-order chi connectivity index (χ0) is 16.5. The van der Waals surface area contributed by atoms with Gasteiger partial charge in [0.25, 0.3) is 5.91 Å². The van der Waals surface area contributed by atoms with Crippen LogP contribution in [0.5, 0.6) is 0 Å². The van der Waals surface area contributed by atoms with E-state index in [1.54, 1.807) is 0 Å². The van der Waals surface area contributed by atoms with Gasteiger partial charge in [0.15, 0.2) is 0 Å². The predicted molar refractivity (Wildman–Crippen MR) is 93.3 cm³/mol. The monoisotopic (exact) mass is 322 g/mol. The summed E-state index contributed by atoms with van der Waals surface area (Å²) in [5.74, 6) is 0.143. The molecule has 0 saturated heterocycles. The number of amides is 2. The minimum atomic E-state index is -0.0472. The smallest absolute Gasteiger partial charge is 0.251 e. The highest BCUT2D eigenvalue weighted by Gasteiger charge is 2.33. The molecule has 4 heteroatoms. The van der Waals surface area contributed by atoms with Gasteiger partial charge in [0.1, 0.15) is 0 Å². The van der Waals surface area contributed by atoms with Crippen molar-refractivity contribution in [2.24, 2.45) is 16.8 Å². The van der Waals surface area contributed by atoms with E-state index in [4.69, 9.17) is 0 Å². The van der Waals surface area contributed by atoms with Crippen LogP contribution in [0, 0.1) is 11.8 Å². The van der Waals surface area contributed by atoms with Crippen molar-refractivity contribution >= 4 is 17.5 Å². The van der Waals surface area contributed by atoms with E-state index in [1.165, 1.54) is 5.57 Å². The Morgan fingerprint density at radius 2 is 2.08 bits per heavy atom. The van der Waals surface area contributed by atoms with Crippen molar-refractivity contribution in [3.8, 4) is 0 Å². The first-order chi connectivity index (χ1) is 11.7. The molecule has 0 radical (unpaired) electrons. The minimum absolute atomic E-state index is 0.000580. The zero-order valence-corrected chi connectivity index (χ0v) is 13.8. The number of nitrogens with one attached hydrogen (secondary N) is 1. The highest BCUT2D eigenvalue weighted by Crippen LogP contribution is 2.38. The van der Waals surface area contributed by atoms with Crippen molar-refractivity contribution in [1.29, 1.82) is 0 Å². The molecule has 24 heavy (non-hydrogen) atoms. The fourth-order valence-corrected chi connectivity index (χ4v) is 4.06. The SMILES string of the molecule is O=C1NC2=CC(=NC(=O)C3CC=CCC3)C=CC2C2=C1CCCC2. The molecule has 0 fully saturated rings. The highest BCUT2D eigenvalue weighted by atomic mass is 16.2. The molecule has 1 N–H and O–H groups in total. The molecule has 0 aromatic rings. The molecule has 0 saturated carbocycles. The van der Waals surface area contributed by atoms with E-state index in [-0.39, 0.29) is 23.7 Å². The lowest BCUT2D eigenvalue weighted by Gasteiger charge is -2.33. The van der Waals surface area contributed by atoms with Crippen molar-refractivity contribution in [2.75, 3.05) is 0 Å². The van der Waals surface area contributed by atoms with Crippen LogP contribution in [0.1, 0.15) is 44.9 Å². The maximum absolute atomic E-state index is 12.3. The largest absolute Gasteiger partial charge is 0.325 e. The molecular formula is C20H22N2O2. The lowest BCUT2D eigenvalue weighted by atomic mass is 9.77. The van der Waals surface area contributed by atoms with Crippen LogP contribution in [0.3, 0.4) is 0 Å². The second kappa shape index (κ2) is 6.34. The molecule has 3 aliphatic carbocycles. The first-order valence-corrected chi connectivity index (χ1v) is 8.93. The van der Waals surface area contributed by atoms with E-state index in [0.717, 1.165) is 56.2 Å². The average molecular weight is 322 g/mol. The number of fused-ring (bicyclic) bond motifs is 2. The molecule has 4 nitrogen and oxygen atoms in total. The Bertz CT molecular complexity index is 737. The highest BCUT2D eigenvalue weighted by molar-refractivity contribution is 6.12. The number of nitrogens with zero attached hydrogens (tertiary/aromatic N) is 1. The van der Waals surface area contributed by atoms with E-state index in [2.05, 4.69) is 28.5 Å². The third-order valence-electron chi connectivity index (χ3n) is 5.37. The Kier molecular flexibility index (Phi) is 4.05. The number of rotatable bonds is 1. The molecule has 0 aromatic carbocycles. The summed E-state index contributed by atoms with van der Waals surface area (Å²) in [6.07, 6.45) is 16.8. The Hall–Kier alpha value is -2.23. The number of allylic oxidation sites excluding steroid dienone is 5. The number of carbonyl (C=O) groups is 2. The van der Waals surface area contributed by atoms with E-state index in [1.807, 2.05) is 12.2 Å². The Morgan fingerprint density at radius 1 is 1.21 bits per heavy atom. The van der Waals surface area contributed by atoms with Gasteiger partial charge in [-0.05, 0) is 62.7 Å². The maximum atomic E-state index is 12.3. The summed E-state index contributed by atoms with van der Waals surface area (Å²) < 4.78 is 0. The van der Waals surface area contributed by atoms with E-state index < -0.39 is 0 Å². The second-order valence-electron chi connectivity index (χ2n) is 6.96. The summed E-state index contributed by atoms with van der Waals surface area (Å²) >= 11 is 0. The van der Waals surface area contributed by atoms with Crippen LogP contribution in [0.15, 0.2) is 52.2 Å². The van der Waals surface area contributed by atoms with Gasteiger partial charge < -0.3 is 5.32 Å². The molecule has 1 heterocycles. The lowest BCUT2D eigenvalue weighted by molar-refractivity contribution is -0.121.